The van der Waals surface area contributed by atoms with Gasteiger partial charge in [-0.25, -0.2) is 0 Å². The third-order valence-electron chi connectivity index (χ3n) is 4.44. The number of alkyl halides is 1. The Labute approximate surface area is 118 Å². The van der Waals surface area contributed by atoms with E-state index in [1.54, 1.807) is 0 Å². The summed E-state index contributed by atoms with van der Waals surface area (Å²) in [6, 6.07) is 0. The summed E-state index contributed by atoms with van der Waals surface area (Å²) in [5.74, 6) is 0.859. The van der Waals surface area contributed by atoms with Gasteiger partial charge in [0.1, 0.15) is 0 Å². The van der Waals surface area contributed by atoms with E-state index in [-0.39, 0.29) is 0 Å². The SMILES string of the molecule is CCC(C)(C)CCCC(CBr)CC(C)(C)CC. The maximum atomic E-state index is 3.70. The molecule has 0 saturated heterocycles. The van der Waals surface area contributed by atoms with Crippen LogP contribution in [-0.2, 0) is 0 Å². The summed E-state index contributed by atoms with van der Waals surface area (Å²) < 4.78 is 0. The van der Waals surface area contributed by atoms with Gasteiger partial charge in [0.25, 0.3) is 0 Å². The zero-order valence-corrected chi connectivity index (χ0v) is 14.5. The van der Waals surface area contributed by atoms with E-state index in [4.69, 9.17) is 0 Å². The molecule has 1 heteroatoms. The molecule has 17 heavy (non-hydrogen) atoms. The lowest BCUT2D eigenvalue weighted by Crippen LogP contribution is -2.18. The van der Waals surface area contributed by atoms with Gasteiger partial charge >= 0.3 is 0 Å². The van der Waals surface area contributed by atoms with E-state index in [1.807, 2.05) is 0 Å². The maximum Gasteiger partial charge on any atom is 0.00598 e. The first-order chi connectivity index (χ1) is 7.76. The minimum Gasteiger partial charge on any atom is -0.0925 e. The Morgan fingerprint density at radius 3 is 1.88 bits per heavy atom. The fourth-order valence-electron chi connectivity index (χ4n) is 2.21. The first-order valence-electron chi connectivity index (χ1n) is 7.32. The topological polar surface area (TPSA) is 0 Å². The third-order valence-corrected chi connectivity index (χ3v) is 5.36. The molecule has 0 bridgehead atoms. The molecule has 0 saturated carbocycles. The summed E-state index contributed by atoms with van der Waals surface area (Å²) in [5.41, 5.74) is 1.05. The van der Waals surface area contributed by atoms with Crippen LogP contribution in [0.3, 0.4) is 0 Å². The summed E-state index contributed by atoms with van der Waals surface area (Å²) in [6.45, 7) is 14.2. The van der Waals surface area contributed by atoms with Gasteiger partial charge < -0.3 is 0 Å². The van der Waals surface area contributed by atoms with Crippen molar-refractivity contribution in [3.8, 4) is 0 Å². The first-order valence-corrected chi connectivity index (χ1v) is 8.44. The molecule has 0 aliphatic rings. The fourth-order valence-corrected chi connectivity index (χ4v) is 2.76. The Bertz CT molecular complexity index is 194. The lowest BCUT2D eigenvalue weighted by atomic mass is 9.78. The monoisotopic (exact) mass is 304 g/mol. The molecule has 0 spiro atoms. The average Bonchev–Trinajstić information content (AvgIpc) is 2.27. The van der Waals surface area contributed by atoms with Crippen molar-refractivity contribution in [3.05, 3.63) is 0 Å². The highest BCUT2D eigenvalue weighted by molar-refractivity contribution is 9.09. The summed E-state index contributed by atoms with van der Waals surface area (Å²) in [7, 11) is 0. The van der Waals surface area contributed by atoms with Gasteiger partial charge in [0, 0.05) is 5.33 Å². The van der Waals surface area contributed by atoms with Crippen LogP contribution in [-0.4, -0.2) is 5.33 Å². The van der Waals surface area contributed by atoms with E-state index >= 15 is 0 Å². The van der Waals surface area contributed by atoms with Gasteiger partial charge in [-0.3, -0.25) is 0 Å². The van der Waals surface area contributed by atoms with Crippen molar-refractivity contribution < 1.29 is 0 Å². The van der Waals surface area contributed by atoms with Crippen LogP contribution in [0.25, 0.3) is 0 Å². The van der Waals surface area contributed by atoms with Crippen molar-refractivity contribution in [3.63, 3.8) is 0 Å². The second kappa shape index (κ2) is 7.81. The molecule has 0 fully saturated rings. The predicted molar refractivity (Wildman–Crippen MR) is 83.9 cm³/mol. The van der Waals surface area contributed by atoms with Crippen LogP contribution in [0.1, 0.15) is 80.1 Å². The quantitative estimate of drug-likeness (QED) is 0.430. The summed E-state index contributed by atoms with van der Waals surface area (Å²) in [6.07, 6.45) is 8.10. The molecule has 1 unspecified atom stereocenters. The van der Waals surface area contributed by atoms with Gasteiger partial charge in [-0.05, 0) is 36.0 Å². The minimum absolute atomic E-state index is 0.513. The molecule has 0 aromatic rings. The Morgan fingerprint density at radius 1 is 0.941 bits per heavy atom. The lowest BCUT2D eigenvalue weighted by Gasteiger charge is -2.29. The Balaban J connectivity index is 3.99. The predicted octanol–water partition coefficient (Wildman–Crippen LogP) is 6.43. The summed E-state index contributed by atoms with van der Waals surface area (Å²) in [5, 5.41) is 1.17. The Morgan fingerprint density at radius 2 is 1.47 bits per heavy atom. The molecule has 0 aliphatic carbocycles. The van der Waals surface area contributed by atoms with Crippen molar-refractivity contribution in [2.75, 3.05) is 5.33 Å². The van der Waals surface area contributed by atoms with Crippen LogP contribution in [0.5, 0.6) is 0 Å². The molecular formula is C16H33Br. The molecular weight excluding hydrogens is 272 g/mol. The standard InChI is InChI=1S/C16H33Br/c1-7-15(3,4)11-9-10-14(13-17)12-16(5,6)8-2/h14H,7-13H2,1-6H3. The zero-order valence-electron chi connectivity index (χ0n) is 12.9. The van der Waals surface area contributed by atoms with Crippen LogP contribution < -0.4 is 0 Å². The molecule has 0 heterocycles. The van der Waals surface area contributed by atoms with Crippen molar-refractivity contribution in [2.24, 2.45) is 16.7 Å². The third kappa shape index (κ3) is 8.24. The van der Waals surface area contributed by atoms with Gasteiger partial charge in [0.15, 0.2) is 0 Å². The maximum absolute atomic E-state index is 3.70. The van der Waals surface area contributed by atoms with Gasteiger partial charge in [-0.1, -0.05) is 76.7 Å². The van der Waals surface area contributed by atoms with Gasteiger partial charge in [0.2, 0.25) is 0 Å². The number of hydrogen-bond donors (Lipinski definition) is 0. The van der Waals surface area contributed by atoms with E-state index in [2.05, 4.69) is 57.5 Å². The van der Waals surface area contributed by atoms with E-state index in [0.717, 1.165) is 5.92 Å². The van der Waals surface area contributed by atoms with Crippen molar-refractivity contribution in [1.29, 1.82) is 0 Å². The molecule has 104 valence electrons. The molecule has 0 N–H and O–H groups in total. The van der Waals surface area contributed by atoms with Crippen molar-refractivity contribution in [2.45, 2.75) is 80.1 Å². The van der Waals surface area contributed by atoms with E-state index in [0.29, 0.717) is 10.8 Å². The van der Waals surface area contributed by atoms with Crippen LogP contribution >= 0.6 is 15.9 Å². The van der Waals surface area contributed by atoms with Crippen LogP contribution in [0, 0.1) is 16.7 Å². The van der Waals surface area contributed by atoms with Crippen LogP contribution in [0.4, 0.5) is 0 Å². The number of rotatable bonds is 9. The molecule has 0 amide bonds. The molecule has 0 aromatic carbocycles. The largest absolute Gasteiger partial charge is 0.0925 e. The molecule has 0 rings (SSSR count). The highest BCUT2D eigenvalue weighted by atomic mass is 79.9. The lowest BCUT2D eigenvalue weighted by molar-refractivity contribution is 0.244. The van der Waals surface area contributed by atoms with E-state index < -0.39 is 0 Å². The van der Waals surface area contributed by atoms with Crippen LogP contribution in [0.2, 0.25) is 0 Å². The first kappa shape index (κ1) is 17.5. The minimum atomic E-state index is 0.513. The molecule has 0 aromatic heterocycles. The molecule has 1 atom stereocenters. The molecule has 0 aliphatic heterocycles. The molecule has 0 radical (unpaired) electrons. The second-order valence-corrected chi connectivity index (χ2v) is 7.80. The number of halogens is 1. The highest BCUT2D eigenvalue weighted by Gasteiger charge is 2.22. The van der Waals surface area contributed by atoms with Crippen molar-refractivity contribution in [1.82, 2.24) is 0 Å². The smallest absolute Gasteiger partial charge is 0.00598 e. The summed E-state index contributed by atoms with van der Waals surface area (Å²) >= 11 is 3.70. The van der Waals surface area contributed by atoms with E-state index in [9.17, 15) is 0 Å². The molecule has 0 nitrogen and oxygen atoms in total. The van der Waals surface area contributed by atoms with Gasteiger partial charge in [-0.2, -0.15) is 0 Å². The van der Waals surface area contributed by atoms with E-state index in [1.165, 1.54) is 43.9 Å². The number of hydrogen-bond acceptors (Lipinski definition) is 0. The zero-order chi connectivity index (χ0) is 13.5. The second-order valence-electron chi connectivity index (χ2n) is 7.15. The average molecular weight is 305 g/mol. The Kier molecular flexibility index (Phi) is 8.04. The fraction of sp³-hybridized carbons (Fsp3) is 1.00. The van der Waals surface area contributed by atoms with Gasteiger partial charge in [0.05, 0.1) is 0 Å². The highest BCUT2D eigenvalue weighted by Crippen LogP contribution is 2.34. The Hall–Kier alpha value is 0.480. The normalized spacial score (nSPS) is 15.0. The van der Waals surface area contributed by atoms with Crippen LogP contribution in [0.15, 0.2) is 0 Å². The van der Waals surface area contributed by atoms with Gasteiger partial charge in [-0.15, -0.1) is 0 Å². The summed E-state index contributed by atoms with van der Waals surface area (Å²) in [4.78, 5) is 0. The van der Waals surface area contributed by atoms with Crippen molar-refractivity contribution >= 4 is 15.9 Å².